The molecule has 0 heterocycles. The van der Waals surface area contributed by atoms with Crippen LogP contribution in [0.4, 0.5) is 4.39 Å². The van der Waals surface area contributed by atoms with E-state index in [2.05, 4.69) is 0 Å². The Hall–Kier alpha value is -1.35. The molecule has 0 aromatic heterocycles. The predicted octanol–water partition coefficient (Wildman–Crippen LogP) is 2.77. The van der Waals surface area contributed by atoms with Gasteiger partial charge in [0.2, 0.25) is 0 Å². The van der Waals surface area contributed by atoms with Crippen LogP contribution in [0.2, 0.25) is 0 Å². The smallest absolute Gasteiger partial charge is 0.186 e. The second-order valence-corrected chi connectivity index (χ2v) is 2.76. The van der Waals surface area contributed by atoms with Gasteiger partial charge in [0.1, 0.15) is 0 Å². The Morgan fingerprint density at radius 1 is 1.57 bits per heavy atom. The molecule has 0 atom stereocenters. The molecule has 0 aliphatic carbocycles. The quantitative estimate of drug-likeness (QED) is 0.571. The molecule has 0 unspecified atom stereocenters. The molecular weight excluding hydrogens is 207 g/mol. The van der Waals surface area contributed by atoms with Crippen molar-refractivity contribution < 1.29 is 13.9 Å². The maximum Gasteiger partial charge on any atom is 0.186 e. The van der Waals surface area contributed by atoms with Crippen LogP contribution in [-0.4, -0.2) is 12.9 Å². The number of methoxy groups -OCH3 is 1. The fraction of sp³-hybridized carbons (Fsp3) is 0.100. The van der Waals surface area contributed by atoms with Crippen molar-refractivity contribution in [3.63, 3.8) is 0 Å². The Labute approximate surface area is 85.9 Å². The van der Waals surface area contributed by atoms with Gasteiger partial charge in [0.05, 0.1) is 7.11 Å². The Morgan fingerprint density at radius 2 is 2.29 bits per heavy atom. The number of carbonyl (C=O) groups excluding carboxylic acids is 1. The van der Waals surface area contributed by atoms with Crippen molar-refractivity contribution in [3.05, 3.63) is 41.2 Å². The van der Waals surface area contributed by atoms with Crippen molar-refractivity contribution in [1.82, 2.24) is 0 Å². The highest BCUT2D eigenvalue weighted by atomic mass is 35.5. The van der Waals surface area contributed by atoms with Crippen LogP contribution in [0.3, 0.4) is 0 Å². The van der Waals surface area contributed by atoms with Crippen molar-refractivity contribution in [3.8, 4) is 5.75 Å². The zero-order chi connectivity index (χ0) is 10.6. The highest BCUT2D eigenvalue weighted by Crippen LogP contribution is 2.18. The summed E-state index contributed by atoms with van der Waals surface area (Å²) in [6, 6.07) is 3.98. The van der Waals surface area contributed by atoms with E-state index in [1.807, 2.05) is 0 Å². The van der Waals surface area contributed by atoms with Crippen LogP contribution in [0.25, 0.3) is 0 Å². The van der Waals surface area contributed by atoms with Crippen molar-refractivity contribution in [2.75, 3.05) is 7.11 Å². The lowest BCUT2D eigenvalue weighted by atomic mass is 10.1. The second kappa shape index (κ2) is 4.77. The van der Waals surface area contributed by atoms with Crippen LogP contribution >= 0.6 is 11.6 Å². The lowest BCUT2D eigenvalue weighted by molar-refractivity contribution is 0.104. The fourth-order valence-corrected chi connectivity index (χ4v) is 1.09. The molecule has 0 spiro atoms. The first-order chi connectivity index (χ1) is 6.69. The second-order valence-electron chi connectivity index (χ2n) is 2.51. The molecule has 0 aliphatic heterocycles. The van der Waals surface area contributed by atoms with Gasteiger partial charge in [0.25, 0.3) is 0 Å². The van der Waals surface area contributed by atoms with E-state index in [0.717, 1.165) is 17.7 Å². The number of halogens is 2. The summed E-state index contributed by atoms with van der Waals surface area (Å²) in [5.41, 5.74) is 1.32. The van der Waals surface area contributed by atoms with Crippen LogP contribution in [0, 0.1) is 5.82 Å². The van der Waals surface area contributed by atoms with E-state index in [1.54, 1.807) is 0 Å². The molecule has 14 heavy (non-hydrogen) atoms. The van der Waals surface area contributed by atoms with Gasteiger partial charge in [-0.05, 0) is 24.3 Å². The average Bonchev–Trinajstić information content (AvgIpc) is 2.18. The third kappa shape index (κ3) is 2.33. The van der Waals surface area contributed by atoms with Crippen molar-refractivity contribution in [1.29, 1.82) is 0 Å². The number of ether oxygens (including phenoxy) is 1. The van der Waals surface area contributed by atoms with E-state index in [9.17, 15) is 9.18 Å². The number of hydrogen-bond donors (Lipinski definition) is 0. The highest BCUT2D eigenvalue weighted by molar-refractivity contribution is 6.27. The number of ketones is 1. The summed E-state index contributed by atoms with van der Waals surface area (Å²) in [5, 5.41) is 0. The van der Waals surface area contributed by atoms with E-state index < -0.39 is 5.82 Å². The summed E-state index contributed by atoms with van der Waals surface area (Å²) < 4.78 is 17.8. The van der Waals surface area contributed by atoms with Crippen molar-refractivity contribution in [2.24, 2.45) is 0 Å². The number of hydrogen-bond acceptors (Lipinski definition) is 2. The summed E-state index contributed by atoms with van der Waals surface area (Å²) in [6.45, 7) is 0. The Morgan fingerprint density at radius 3 is 2.79 bits per heavy atom. The Kier molecular flexibility index (Phi) is 3.65. The maximum atomic E-state index is 13.1. The molecule has 1 aromatic carbocycles. The highest BCUT2D eigenvalue weighted by Gasteiger charge is 2.07. The zero-order valence-electron chi connectivity index (χ0n) is 7.46. The Balaban J connectivity index is 3.02. The first kappa shape index (κ1) is 10.7. The minimum atomic E-state index is -0.568. The fourth-order valence-electron chi connectivity index (χ4n) is 0.973. The van der Waals surface area contributed by atoms with Crippen LogP contribution in [0.15, 0.2) is 29.8 Å². The standard InChI is InChI=1S/C10H8ClFO2/c1-14-10-3-2-7(6-8(10)12)9(13)4-5-11/h2-6H,1H3. The Bertz CT molecular complexity index is 374. The maximum absolute atomic E-state index is 13.1. The van der Waals surface area contributed by atoms with Gasteiger partial charge in [0.15, 0.2) is 17.3 Å². The molecule has 0 radical (unpaired) electrons. The van der Waals surface area contributed by atoms with Gasteiger partial charge in [-0.15, -0.1) is 0 Å². The van der Waals surface area contributed by atoms with E-state index in [4.69, 9.17) is 16.3 Å². The van der Waals surface area contributed by atoms with E-state index in [-0.39, 0.29) is 17.1 Å². The molecular formula is C10H8ClFO2. The topological polar surface area (TPSA) is 26.3 Å². The third-order valence-electron chi connectivity index (χ3n) is 1.65. The minimum Gasteiger partial charge on any atom is -0.494 e. The van der Waals surface area contributed by atoms with Crippen molar-refractivity contribution in [2.45, 2.75) is 0 Å². The van der Waals surface area contributed by atoms with Crippen molar-refractivity contribution >= 4 is 17.4 Å². The van der Waals surface area contributed by atoms with Crippen LogP contribution in [0.1, 0.15) is 10.4 Å². The summed E-state index contributed by atoms with van der Waals surface area (Å²) in [5.74, 6) is -0.806. The summed E-state index contributed by atoms with van der Waals surface area (Å²) >= 11 is 5.22. The monoisotopic (exact) mass is 214 g/mol. The molecule has 0 saturated carbocycles. The SMILES string of the molecule is COc1ccc(C(=O)C=CCl)cc1F. The molecule has 1 rings (SSSR count). The molecule has 74 valence electrons. The molecule has 0 saturated heterocycles. The number of benzene rings is 1. The molecule has 4 heteroatoms. The minimum absolute atomic E-state index is 0.108. The molecule has 1 aromatic rings. The van der Waals surface area contributed by atoms with Gasteiger partial charge in [-0.1, -0.05) is 11.6 Å². The number of carbonyl (C=O) groups is 1. The van der Waals surface area contributed by atoms with Crippen LogP contribution in [-0.2, 0) is 0 Å². The average molecular weight is 215 g/mol. The van der Waals surface area contributed by atoms with Crippen LogP contribution in [0.5, 0.6) is 5.75 Å². The number of rotatable bonds is 3. The van der Waals surface area contributed by atoms with E-state index in [0.29, 0.717) is 0 Å². The molecule has 2 nitrogen and oxygen atoms in total. The molecule has 0 bridgehead atoms. The van der Waals surface area contributed by atoms with Crippen LogP contribution < -0.4 is 4.74 Å². The lowest BCUT2D eigenvalue weighted by Gasteiger charge is -2.02. The summed E-state index contributed by atoms with van der Waals surface area (Å²) in [4.78, 5) is 11.2. The van der Waals surface area contributed by atoms with Gasteiger partial charge in [-0.3, -0.25) is 4.79 Å². The number of allylic oxidation sites excluding steroid dienone is 1. The largest absolute Gasteiger partial charge is 0.494 e. The first-order valence-electron chi connectivity index (χ1n) is 3.83. The molecule has 0 aliphatic rings. The van der Waals surface area contributed by atoms with Gasteiger partial charge in [0, 0.05) is 11.1 Å². The zero-order valence-corrected chi connectivity index (χ0v) is 8.22. The molecule has 0 N–H and O–H groups in total. The lowest BCUT2D eigenvalue weighted by Crippen LogP contribution is -1.96. The van der Waals surface area contributed by atoms with Gasteiger partial charge in [-0.25, -0.2) is 4.39 Å². The third-order valence-corrected chi connectivity index (χ3v) is 1.78. The van der Waals surface area contributed by atoms with E-state index in [1.165, 1.54) is 19.2 Å². The first-order valence-corrected chi connectivity index (χ1v) is 4.27. The molecule has 0 amide bonds. The van der Waals surface area contributed by atoms with E-state index >= 15 is 0 Å². The normalized spacial score (nSPS) is 10.5. The molecule has 0 fully saturated rings. The van der Waals surface area contributed by atoms with Gasteiger partial charge >= 0.3 is 0 Å². The summed E-state index contributed by atoms with van der Waals surface area (Å²) in [7, 11) is 1.36. The summed E-state index contributed by atoms with van der Waals surface area (Å²) in [6.07, 6.45) is 1.16. The van der Waals surface area contributed by atoms with Gasteiger partial charge in [-0.2, -0.15) is 0 Å². The van der Waals surface area contributed by atoms with Gasteiger partial charge < -0.3 is 4.74 Å². The predicted molar refractivity (Wildman–Crippen MR) is 52.3 cm³/mol.